The number of nitriles is 1. The first-order valence-corrected chi connectivity index (χ1v) is 6.66. The summed E-state index contributed by atoms with van der Waals surface area (Å²) < 4.78 is 5.38. The fourth-order valence-corrected chi connectivity index (χ4v) is 2.54. The highest BCUT2D eigenvalue weighted by molar-refractivity contribution is 5.58. The maximum Gasteiger partial charge on any atom is 0.0992 e. The zero-order valence-electron chi connectivity index (χ0n) is 11.5. The molecule has 0 aliphatic carbocycles. The van der Waals surface area contributed by atoms with Crippen molar-refractivity contribution in [2.45, 2.75) is 31.9 Å². The van der Waals surface area contributed by atoms with E-state index in [-0.39, 0.29) is 0 Å². The van der Waals surface area contributed by atoms with Gasteiger partial charge in [-0.15, -0.1) is 0 Å². The summed E-state index contributed by atoms with van der Waals surface area (Å²) in [7, 11) is 2.03. The Labute approximate surface area is 114 Å². The average Bonchev–Trinajstić information content (AvgIpc) is 2.46. The number of hydrogen-bond acceptors (Lipinski definition) is 4. The van der Waals surface area contributed by atoms with Crippen LogP contribution in [0.1, 0.15) is 37.0 Å². The van der Waals surface area contributed by atoms with Gasteiger partial charge in [-0.1, -0.05) is 6.07 Å². The first-order valence-electron chi connectivity index (χ1n) is 6.66. The Morgan fingerprint density at radius 3 is 2.68 bits per heavy atom. The Bertz CT molecular complexity index is 474. The zero-order valence-corrected chi connectivity index (χ0v) is 11.5. The summed E-state index contributed by atoms with van der Waals surface area (Å²) in [6.45, 7) is 3.30. The average molecular weight is 260 g/mol. The Morgan fingerprint density at radius 2 is 2.11 bits per heavy atom. The van der Waals surface area contributed by atoms with Crippen molar-refractivity contribution in [2.24, 2.45) is 0 Å². The molecule has 19 heavy (non-hydrogen) atoms. The minimum absolute atomic E-state index is 0.403. The Morgan fingerprint density at radius 1 is 1.42 bits per heavy atom. The number of anilines is 1. The molecule has 0 saturated carbocycles. The summed E-state index contributed by atoms with van der Waals surface area (Å²) in [6, 6.07) is 8.01. The summed E-state index contributed by atoms with van der Waals surface area (Å²) in [5.74, 6) is 0. The first kappa shape index (κ1) is 13.9. The quantitative estimate of drug-likeness (QED) is 0.905. The molecule has 1 atom stereocenters. The van der Waals surface area contributed by atoms with Crippen molar-refractivity contribution < 1.29 is 9.84 Å². The predicted octanol–water partition coefficient (Wildman–Crippen LogP) is 2.23. The van der Waals surface area contributed by atoms with Crippen LogP contribution in [0.3, 0.4) is 0 Å². The Hall–Kier alpha value is -1.57. The fraction of sp³-hybridized carbons (Fsp3) is 0.533. The number of aliphatic hydroxyl groups is 1. The van der Waals surface area contributed by atoms with Crippen LogP contribution in [-0.2, 0) is 4.74 Å². The zero-order chi connectivity index (χ0) is 13.8. The SMILES string of the molecule is CC(O)c1ccc(C#N)cc1N(C)C1CCOCC1. The molecule has 102 valence electrons. The molecule has 1 aliphatic rings. The van der Waals surface area contributed by atoms with Gasteiger partial charge in [0, 0.05) is 37.6 Å². The van der Waals surface area contributed by atoms with Gasteiger partial charge in [-0.25, -0.2) is 0 Å². The van der Waals surface area contributed by atoms with Crippen LogP contribution < -0.4 is 4.90 Å². The van der Waals surface area contributed by atoms with Crippen LogP contribution >= 0.6 is 0 Å². The molecule has 1 saturated heterocycles. The van der Waals surface area contributed by atoms with Crippen LogP contribution in [-0.4, -0.2) is 31.4 Å². The van der Waals surface area contributed by atoms with Crippen molar-refractivity contribution in [3.05, 3.63) is 29.3 Å². The summed E-state index contributed by atoms with van der Waals surface area (Å²) in [4.78, 5) is 2.17. The van der Waals surface area contributed by atoms with E-state index in [4.69, 9.17) is 10.00 Å². The molecule has 2 rings (SSSR count). The molecule has 1 aromatic carbocycles. The van der Waals surface area contributed by atoms with E-state index in [1.165, 1.54) is 0 Å². The van der Waals surface area contributed by atoms with E-state index >= 15 is 0 Å². The molecular weight excluding hydrogens is 240 g/mol. The molecule has 4 nitrogen and oxygen atoms in total. The Balaban J connectivity index is 2.32. The van der Waals surface area contributed by atoms with E-state index < -0.39 is 6.10 Å². The molecule has 1 aliphatic heterocycles. The molecule has 0 radical (unpaired) electrons. The number of rotatable bonds is 3. The van der Waals surface area contributed by atoms with Crippen LogP contribution in [0.4, 0.5) is 5.69 Å². The van der Waals surface area contributed by atoms with Gasteiger partial charge in [0.15, 0.2) is 0 Å². The van der Waals surface area contributed by atoms with Gasteiger partial charge in [0.2, 0.25) is 0 Å². The summed E-state index contributed by atoms with van der Waals surface area (Å²) in [5.41, 5.74) is 2.44. The number of benzene rings is 1. The van der Waals surface area contributed by atoms with Crippen LogP contribution in [0.25, 0.3) is 0 Å². The van der Waals surface area contributed by atoms with Gasteiger partial charge in [0.05, 0.1) is 17.7 Å². The topological polar surface area (TPSA) is 56.5 Å². The minimum Gasteiger partial charge on any atom is -0.389 e. The van der Waals surface area contributed by atoms with E-state index in [0.717, 1.165) is 37.3 Å². The van der Waals surface area contributed by atoms with Gasteiger partial charge in [-0.05, 0) is 31.9 Å². The molecule has 4 heteroatoms. The highest BCUT2D eigenvalue weighted by Crippen LogP contribution is 2.30. The molecule has 1 aromatic rings. The standard InChI is InChI=1S/C15H20N2O2/c1-11(18)14-4-3-12(10-16)9-15(14)17(2)13-5-7-19-8-6-13/h3-4,9,11,13,18H,5-8H2,1-2H3. The number of ether oxygens (including phenoxy) is 1. The largest absolute Gasteiger partial charge is 0.389 e. The lowest BCUT2D eigenvalue weighted by molar-refractivity contribution is 0.0853. The van der Waals surface area contributed by atoms with Gasteiger partial charge < -0.3 is 14.7 Å². The molecule has 0 aromatic heterocycles. The van der Waals surface area contributed by atoms with Crippen LogP contribution in [0.15, 0.2) is 18.2 Å². The highest BCUT2D eigenvalue weighted by atomic mass is 16.5. The third kappa shape index (κ3) is 3.06. The lowest BCUT2D eigenvalue weighted by atomic mass is 10.0. The molecule has 0 bridgehead atoms. The second-order valence-electron chi connectivity index (χ2n) is 5.02. The summed E-state index contributed by atoms with van der Waals surface area (Å²) >= 11 is 0. The monoisotopic (exact) mass is 260 g/mol. The third-order valence-electron chi connectivity index (χ3n) is 3.73. The molecule has 1 heterocycles. The fourth-order valence-electron chi connectivity index (χ4n) is 2.54. The number of nitrogens with zero attached hydrogens (tertiary/aromatic N) is 2. The van der Waals surface area contributed by atoms with E-state index in [2.05, 4.69) is 11.0 Å². The second-order valence-corrected chi connectivity index (χ2v) is 5.02. The maximum atomic E-state index is 9.88. The van der Waals surface area contributed by atoms with Crippen molar-refractivity contribution in [1.82, 2.24) is 0 Å². The predicted molar refractivity (Wildman–Crippen MR) is 74.0 cm³/mol. The van der Waals surface area contributed by atoms with Crippen molar-refractivity contribution in [2.75, 3.05) is 25.2 Å². The normalized spacial score (nSPS) is 17.8. The number of aliphatic hydroxyl groups excluding tert-OH is 1. The molecule has 0 spiro atoms. The minimum atomic E-state index is -0.537. The van der Waals surface area contributed by atoms with Gasteiger partial charge >= 0.3 is 0 Å². The van der Waals surface area contributed by atoms with Gasteiger partial charge in [0.25, 0.3) is 0 Å². The van der Waals surface area contributed by atoms with E-state index in [9.17, 15) is 5.11 Å². The molecule has 1 unspecified atom stereocenters. The molecular formula is C15H20N2O2. The van der Waals surface area contributed by atoms with E-state index in [1.807, 2.05) is 19.2 Å². The first-order chi connectivity index (χ1) is 9.13. The van der Waals surface area contributed by atoms with Crippen molar-refractivity contribution >= 4 is 5.69 Å². The molecule has 1 N–H and O–H groups in total. The smallest absolute Gasteiger partial charge is 0.0992 e. The maximum absolute atomic E-state index is 9.88. The molecule has 0 amide bonds. The lowest BCUT2D eigenvalue weighted by Crippen LogP contribution is -2.37. The summed E-state index contributed by atoms with van der Waals surface area (Å²) in [5, 5.41) is 18.9. The highest BCUT2D eigenvalue weighted by Gasteiger charge is 2.22. The van der Waals surface area contributed by atoms with Crippen molar-refractivity contribution in [1.29, 1.82) is 5.26 Å². The van der Waals surface area contributed by atoms with Crippen LogP contribution in [0, 0.1) is 11.3 Å². The van der Waals surface area contributed by atoms with Crippen LogP contribution in [0.2, 0.25) is 0 Å². The van der Waals surface area contributed by atoms with Gasteiger partial charge in [0.1, 0.15) is 0 Å². The van der Waals surface area contributed by atoms with Gasteiger partial charge in [-0.3, -0.25) is 0 Å². The second kappa shape index (κ2) is 6.05. The van der Waals surface area contributed by atoms with Crippen molar-refractivity contribution in [3.8, 4) is 6.07 Å². The van der Waals surface area contributed by atoms with E-state index in [0.29, 0.717) is 11.6 Å². The van der Waals surface area contributed by atoms with Gasteiger partial charge in [-0.2, -0.15) is 5.26 Å². The number of hydrogen-bond donors (Lipinski definition) is 1. The van der Waals surface area contributed by atoms with Crippen LogP contribution in [0.5, 0.6) is 0 Å². The Kier molecular flexibility index (Phi) is 4.41. The summed E-state index contributed by atoms with van der Waals surface area (Å²) in [6.07, 6.45) is 1.42. The lowest BCUT2D eigenvalue weighted by Gasteiger charge is -2.34. The van der Waals surface area contributed by atoms with E-state index in [1.54, 1.807) is 13.0 Å². The van der Waals surface area contributed by atoms with Crippen molar-refractivity contribution in [3.63, 3.8) is 0 Å². The molecule has 1 fully saturated rings. The third-order valence-corrected chi connectivity index (χ3v) is 3.73.